The minimum absolute atomic E-state index is 0.0823. The van der Waals surface area contributed by atoms with Crippen LogP contribution in [0.25, 0.3) is 33.8 Å². The molecule has 0 saturated carbocycles. The van der Waals surface area contributed by atoms with E-state index < -0.39 is 0 Å². The summed E-state index contributed by atoms with van der Waals surface area (Å²) in [5.41, 5.74) is 6.54. The van der Waals surface area contributed by atoms with E-state index in [1.807, 2.05) is 42.5 Å². The number of furan rings is 1. The molecule has 0 amide bonds. The van der Waals surface area contributed by atoms with Crippen LogP contribution >= 0.6 is 15.9 Å². The predicted molar refractivity (Wildman–Crippen MR) is 117 cm³/mol. The van der Waals surface area contributed by atoms with Crippen LogP contribution in [0.4, 0.5) is 5.69 Å². The highest BCUT2D eigenvalue weighted by Crippen LogP contribution is 2.48. The summed E-state index contributed by atoms with van der Waals surface area (Å²) in [5, 5.41) is 11.1. The van der Waals surface area contributed by atoms with Crippen molar-refractivity contribution in [1.82, 2.24) is 0 Å². The molecule has 3 aromatic carbocycles. The number of hydrogen-bond donors (Lipinski definition) is 0. The Hall–Kier alpha value is -3.18. The first-order valence-corrected chi connectivity index (χ1v) is 10.2. The second-order valence-corrected chi connectivity index (χ2v) is 7.91. The molecule has 0 fully saturated rings. The van der Waals surface area contributed by atoms with Gasteiger partial charge in [-0.1, -0.05) is 58.4 Å². The summed E-state index contributed by atoms with van der Waals surface area (Å²) in [5.74, 6) is 1.68. The lowest BCUT2D eigenvalue weighted by molar-refractivity contribution is -0.384. The maximum Gasteiger partial charge on any atom is 0.269 e. The van der Waals surface area contributed by atoms with Crippen LogP contribution in [-0.4, -0.2) is 4.92 Å². The molecule has 4 aromatic rings. The van der Waals surface area contributed by atoms with Crippen molar-refractivity contribution >= 4 is 21.6 Å². The highest BCUT2D eigenvalue weighted by Gasteiger charge is 2.28. The Kier molecular flexibility index (Phi) is 4.32. The molecule has 1 aliphatic carbocycles. The third-order valence-corrected chi connectivity index (χ3v) is 6.09. The zero-order valence-corrected chi connectivity index (χ0v) is 17.0. The smallest absolute Gasteiger partial charge is 0.269 e. The van der Waals surface area contributed by atoms with Gasteiger partial charge in [0.2, 0.25) is 0 Å². The summed E-state index contributed by atoms with van der Waals surface area (Å²) in [6.45, 7) is 0. The molecule has 0 bridgehead atoms. The highest BCUT2D eigenvalue weighted by atomic mass is 79.9. The van der Waals surface area contributed by atoms with Gasteiger partial charge in [0.1, 0.15) is 11.5 Å². The summed E-state index contributed by atoms with van der Waals surface area (Å²) >= 11 is 3.65. The molecule has 0 N–H and O–H groups in total. The van der Waals surface area contributed by atoms with Gasteiger partial charge in [-0.25, -0.2) is 0 Å². The number of benzene rings is 3. The summed E-state index contributed by atoms with van der Waals surface area (Å²) in [4.78, 5) is 10.7. The lowest BCUT2D eigenvalue weighted by Gasteiger charge is -2.15. The fraction of sp³-hybridized carbons (Fsp3) is 0.0833. The monoisotopic (exact) mass is 445 g/mol. The number of halogens is 1. The average molecular weight is 446 g/mol. The summed E-state index contributed by atoms with van der Waals surface area (Å²) < 4.78 is 7.45. The van der Waals surface area contributed by atoms with Gasteiger partial charge in [0.15, 0.2) is 0 Å². The second kappa shape index (κ2) is 7.01. The van der Waals surface area contributed by atoms with Crippen molar-refractivity contribution in [2.45, 2.75) is 12.8 Å². The van der Waals surface area contributed by atoms with E-state index in [9.17, 15) is 10.1 Å². The van der Waals surface area contributed by atoms with E-state index in [1.165, 1.54) is 5.56 Å². The number of nitro benzene ring substituents is 1. The van der Waals surface area contributed by atoms with Gasteiger partial charge >= 0.3 is 0 Å². The zero-order chi connectivity index (χ0) is 20.0. The van der Waals surface area contributed by atoms with Crippen molar-refractivity contribution in [3.05, 3.63) is 98.5 Å². The van der Waals surface area contributed by atoms with Crippen LogP contribution in [0, 0.1) is 10.1 Å². The van der Waals surface area contributed by atoms with Gasteiger partial charge in [-0.15, -0.1) is 0 Å². The van der Waals surface area contributed by atoms with E-state index >= 15 is 0 Å². The number of nitrogens with zero attached hydrogens (tertiary/aromatic N) is 1. The first-order chi connectivity index (χ1) is 14.1. The molecular formula is C24H16BrNO3. The number of aryl methyl sites for hydroxylation is 1. The Labute approximate surface area is 176 Å². The van der Waals surface area contributed by atoms with Gasteiger partial charge in [0.25, 0.3) is 5.69 Å². The topological polar surface area (TPSA) is 56.3 Å². The molecule has 1 aromatic heterocycles. The lowest BCUT2D eigenvalue weighted by atomic mass is 9.86. The molecule has 0 saturated heterocycles. The molecule has 5 heteroatoms. The quantitative estimate of drug-likeness (QED) is 0.250. The molecule has 1 aliphatic rings. The number of non-ortho nitro benzene ring substituents is 1. The molecule has 4 nitrogen and oxygen atoms in total. The van der Waals surface area contributed by atoms with E-state index in [0.717, 1.165) is 56.7 Å². The molecule has 0 radical (unpaired) electrons. The molecule has 0 atom stereocenters. The highest BCUT2D eigenvalue weighted by molar-refractivity contribution is 9.10. The van der Waals surface area contributed by atoms with Crippen molar-refractivity contribution in [3.63, 3.8) is 0 Å². The van der Waals surface area contributed by atoms with E-state index in [2.05, 4.69) is 34.1 Å². The van der Waals surface area contributed by atoms with Crippen molar-refractivity contribution in [1.29, 1.82) is 0 Å². The number of fused-ring (bicyclic) bond motifs is 3. The molecule has 5 rings (SSSR count). The number of nitro groups is 1. The molecule has 0 spiro atoms. The largest absolute Gasteiger partial charge is 0.455 e. The van der Waals surface area contributed by atoms with Crippen LogP contribution < -0.4 is 0 Å². The van der Waals surface area contributed by atoms with Gasteiger partial charge < -0.3 is 4.42 Å². The maximum atomic E-state index is 11.1. The molecule has 0 aliphatic heterocycles. The molecular weight excluding hydrogens is 430 g/mol. The first-order valence-electron chi connectivity index (χ1n) is 9.37. The van der Waals surface area contributed by atoms with Gasteiger partial charge in [-0.3, -0.25) is 10.1 Å². The van der Waals surface area contributed by atoms with Gasteiger partial charge in [-0.05, 0) is 42.2 Å². The fourth-order valence-electron chi connectivity index (χ4n) is 4.03. The average Bonchev–Trinajstić information content (AvgIpc) is 3.14. The van der Waals surface area contributed by atoms with Crippen molar-refractivity contribution in [2.75, 3.05) is 0 Å². The fourth-order valence-corrected chi connectivity index (χ4v) is 4.50. The number of rotatable bonds is 3. The minimum atomic E-state index is -0.375. The van der Waals surface area contributed by atoms with Crippen molar-refractivity contribution in [3.8, 4) is 33.8 Å². The minimum Gasteiger partial charge on any atom is -0.455 e. The van der Waals surface area contributed by atoms with Gasteiger partial charge in [0, 0.05) is 38.9 Å². The Morgan fingerprint density at radius 1 is 0.828 bits per heavy atom. The second-order valence-electron chi connectivity index (χ2n) is 7.05. The Morgan fingerprint density at radius 3 is 2.24 bits per heavy atom. The Morgan fingerprint density at radius 2 is 1.52 bits per heavy atom. The van der Waals surface area contributed by atoms with E-state index in [0.29, 0.717) is 0 Å². The SMILES string of the molecule is O=[N+]([O-])c1ccc(-c2c(-c3ccccc3Br)oc3c2CCc2ccccc2-3)cc1. The van der Waals surface area contributed by atoms with Crippen LogP contribution in [0.5, 0.6) is 0 Å². The maximum absolute atomic E-state index is 11.1. The van der Waals surface area contributed by atoms with Crippen molar-refractivity contribution < 1.29 is 9.34 Å². The Bertz CT molecular complexity index is 1240. The van der Waals surface area contributed by atoms with E-state index in [4.69, 9.17) is 4.42 Å². The van der Waals surface area contributed by atoms with Crippen LogP contribution in [0.1, 0.15) is 11.1 Å². The third kappa shape index (κ3) is 2.98. The van der Waals surface area contributed by atoms with Gasteiger partial charge in [0.05, 0.1) is 4.92 Å². The normalized spacial score (nSPS) is 12.3. The summed E-state index contributed by atoms with van der Waals surface area (Å²) in [6.07, 6.45) is 1.81. The van der Waals surface area contributed by atoms with Crippen LogP contribution in [0.2, 0.25) is 0 Å². The molecule has 29 heavy (non-hydrogen) atoms. The van der Waals surface area contributed by atoms with E-state index in [-0.39, 0.29) is 10.6 Å². The van der Waals surface area contributed by atoms with Gasteiger partial charge in [-0.2, -0.15) is 0 Å². The molecule has 142 valence electrons. The molecule has 1 heterocycles. The number of hydrogen-bond acceptors (Lipinski definition) is 3. The van der Waals surface area contributed by atoms with Crippen LogP contribution in [-0.2, 0) is 12.8 Å². The predicted octanol–water partition coefficient (Wildman–Crippen LogP) is 7.05. The van der Waals surface area contributed by atoms with Crippen LogP contribution in [0.3, 0.4) is 0 Å². The van der Waals surface area contributed by atoms with E-state index in [1.54, 1.807) is 12.1 Å². The summed E-state index contributed by atoms with van der Waals surface area (Å²) in [6, 6.07) is 23.0. The standard InChI is InChI=1S/C24H16BrNO3/c25-21-8-4-3-7-19(21)24-22(16-9-12-17(13-10-16)26(27)28)20-14-11-15-5-1-2-6-18(15)23(20)29-24/h1-10,12-13H,11,14H2. The van der Waals surface area contributed by atoms with Crippen LogP contribution in [0.15, 0.2) is 81.7 Å². The molecule has 0 unspecified atom stereocenters. The Balaban J connectivity index is 1.78. The third-order valence-electron chi connectivity index (χ3n) is 5.40. The first kappa shape index (κ1) is 17.9. The zero-order valence-electron chi connectivity index (χ0n) is 15.4. The lowest BCUT2D eigenvalue weighted by Crippen LogP contribution is -2.02. The van der Waals surface area contributed by atoms with Crippen molar-refractivity contribution in [2.24, 2.45) is 0 Å². The summed E-state index contributed by atoms with van der Waals surface area (Å²) in [7, 11) is 0.